The Bertz CT molecular complexity index is 627. The number of benzene rings is 1. The molecule has 1 aromatic rings. The summed E-state index contributed by atoms with van der Waals surface area (Å²) in [6, 6.07) is 7.12. The van der Waals surface area contributed by atoms with Crippen LogP contribution >= 0.6 is 0 Å². The third-order valence-corrected chi connectivity index (χ3v) is 2.67. The minimum absolute atomic E-state index is 0.0734. The van der Waals surface area contributed by atoms with E-state index in [0.717, 1.165) is 12.0 Å². The lowest BCUT2D eigenvalue weighted by Crippen LogP contribution is -2.31. The molecular formula is C17H23N3O3. The van der Waals surface area contributed by atoms with Gasteiger partial charge in [-0.05, 0) is 31.0 Å². The summed E-state index contributed by atoms with van der Waals surface area (Å²) < 4.78 is 10.3. The number of hydrogen-bond donors (Lipinski definition) is 3. The Morgan fingerprint density at radius 1 is 1.39 bits per heavy atom. The van der Waals surface area contributed by atoms with E-state index >= 15 is 0 Å². The fourth-order valence-corrected chi connectivity index (χ4v) is 1.58. The van der Waals surface area contributed by atoms with E-state index in [1.165, 1.54) is 0 Å². The number of ether oxygens (including phenoxy) is 2. The van der Waals surface area contributed by atoms with Gasteiger partial charge in [-0.25, -0.2) is 10.6 Å². The lowest BCUT2D eigenvalue weighted by atomic mass is 10.1. The summed E-state index contributed by atoms with van der Waals surface area (Å²) in [7, 11) is 0. The average Bonchev–Trinajstić information content (AvgIpc) is 2.52. The summed E-state index contributed by atoms with van der Waals surface area (Å²) in [6.07, 6.45) is 0.816. The van der Waals surface area contributed by atoms with Crippen molar-refractivity contribution in [2.24, 2.45) is 17.5 Å². The Morgan fingerprint density at radius 2 is 2.13 bits per heavy atom. The summed E-state index contributed by atoms with van der Waals surface area (Å²) in [6.45, 7) is 6.10. The SMILES string of the molecule is CCOC(=O)/C(N)=C(/NN)Oc1cccc(C#CCC(C)C)c1. The maximum atomic E-state index is 11.6. The zero-order valence-electron chi connectivity index (χ0n) is 13.7. The van der Waals surface area contributed by atoms with Crippen LogP contribution in [0.5, 0.6) is 5.75 Å². The highest BCUT2D eigenvalue weighted by Crippen LogP contribution is 2.16. The minimum atomic E-state index is -0.701. The van der Waals surface area contributed by atoms with Crippen LogP contribution in [0.25, 0.3) is 0 Å². The van der Waals surface area contributed by atoms with Crippen molar-refractivity contribution in [3.8, 4) is 17.6 Å². The van der Waals surface area contributed by atoms with Crippen molar-refractivity contribution < 1.29 is 14.3 Å². The summed E-state index contributed by atoms with van der Waals surface area (Å²) >= 11 is 0. The molecule has 0 amide bonds. The maximum Gasteiger partial charge on any atom is 0.359 e. The molecule has 6 heteroatoms. The van der Waals surface area contributed by atoms with E-state index in [2.05, 4.69) is 31.1 Å². The Morgan fingerprint density at radius 3 is 2.74 bits per heavy atom. The van der Waals surface area contributed by atoms with Crippen molar-refractivity contribution in [3.63, 3.8) is 0 Å². The molecule has 0 unspecified atom stereocenters. The largest absolute Gasteiger partial charge is 0.461 e. The van der Waals surface area contributed by atoms with Gasteiger partial charge in [0.2, 0.25) is 5.88 Å². The average molecular weight is 317 g/mol. The fraction of sp³-hybridized carbons (Fsp3) is 0.353. The van der Waals surface area contributed by atoms with Crippen LogP contribution < -0.4 is 21.7 Å². The van der Waals surface area contributed by atoms with E-state index in [4.69, 9.17) is 21.1 Å². The van der Waals surface area contributed by atoms with Crippen LogP contribution in [0.4, 0.5) is 0 Å². The Kier molecular flexibility index (Phi) is 7.51. The van der Waals surface area contributed by atoms with Crippen LogP contribution in [-0.2, 0) is 9.53 Å². The summed E-state index contributed by atoms with van der Waals surface area (Å²) in [5, 5.41) is 0. The van der Waals surface area contributed by atoms with Gasteiger partial charge in [0, 0.05) is 12.0 Å². The molecule has 0 aliphatic rings. The Hall–Kier alpha value is -2.65. The van der Waals surface area contributed by atoms with Crippen molar-refractivity contribution in [1.29, 1.82) is 0 Å². The highest BCUT2D eigenvalue weighted by molar-refractivity contribution is 5.87. The van der Waals surface area contributed by atoms with Crippen molar-refractivity contribution in [3.05, 3.63) is 41.4 Å². The molecule has 0 fully saturated rings. The van der Waals surface area contributed by atoms with Crippen LogP contribution in [0.2, 0.25) is 0 Å². The quantitative estimate of drug-likeness (QED) is 0.184. The molecule has 1 aromatic carbocycles. The van der Waals surface area contributed by atoms with Gasteiger partial charge in [-0.2, -0.15) is 0 Å². The molecule has 0 aromatic heterocycles. The molecule has 23 heavy (non-hydrogen) atoms. The van der Waals surface area contributed by atoms with Crippen LogP contribution in [-0.4, -0.2) is 12.6 Å². The van der Waals surface area contributed by atoms with E-state index in [1.54, 1.807) is 25.1 Å². The number of carbonyl (C=O) groups is 1. The molecule has 124 valence electrons. The van der Waals surface area contributed by atoms with Crippen molar-refractivity contribution in [2.75, 3.05) is 6.61 Å². The first-order valence-electron chi connectivity index (χ1n) is 7.38. The topological polar surface area (TPSA) is 99.6 Å². The number of esters is 1. The van der Waals surface area contributed by atoms with Crippen LogP contribution in [0.15, 0.2) is 35.8 Å². The number of nitrogens with one attached hydrogen (secondary N) is 1. The molecule has 0 bridgehead atoms. The predicted octanol–water partition coefficient (Wildman–Crippen LogP) is 1.62. The van der Waals surface area contributed by atoms with Gasteiger partial charge in [0.05, 0.1) is 6.61 Å². The molecule has 0 aliphatic heterocycles. The van der Waals surface area contributed by atoms with Gasteiger partial charge in [-0.3, -0.25) is 5.43 Å². The third kappa shape index (κ3) is 6.32. The van der Waals surface area contributed by atoms with Gasteiger partial charge in [0.1, 0.15) is 5.75 Å². The van der Waals surface area contributed by atoms with Crippen molar-refractivity contribution in [2.45, 2.75) is 27.2 Å². The molecule has 6 nitrogen and oxygen atoms in total. The summed E-state index contributed by atoms with van der Waals surface area (Å²) in [5.74, 6) is 11.7. The number of carbonyl (C=O) groups excluding carboxylic acids is 1. The highest BCUT2D eigenvalue weighted by Gasteiger charge is 2.14. The highest BCUT2D eigenvalue weighted by atomic mass is 16.5. The van der Waals surface area contributed by atoms with Gasteiger partial charge < -0.3 is 15.2 Å². The lowest BCUT2D eigenvalue weighted by molar-refractivity contribution is -0.138. The molecule has 0 saturated heterocycles. The van der Waals surface area contributed by atoms with E-state index in [-0.39, 0.29) is 18.2 Å². The van der Waals surface area contributed by atoms with Gasteiger partial charge in [0.15, 0.2) is 5.70 Å². The minimum Gasteiger partial charge on any atom is -0.461 e. The fourth-order valence-electron chi connectivity index (χ4n) is 1.58. The first-order chi connectivity index (χ1) is 11.0. The molecule has 0 aliphatic carbocycles. The van der Waals surface area contributed by atoms with E-state index in [0.29, 0.717) is 11.7 Å². The molecule has 0 saturated carbocycles. The zero-order valence-corrected chi connectivity index (χ0v) is 13.7. The molecule has 0 spiro atoms. The number of hydrogen-bond acceptors (Lipinski definition) is 6. The summed E-state index contributed by atoms with van der Waals surface area (Å²) in [5.41, 5.74) is 8.50. The van der Waals surface area contributed by atoms with Gasteiger partial charge in [-0.15, -0.1) is 0 Å². The standard InChI is InChI=1S/C17H23N3O3/c1-4-22-17(21)15(18)16(20-19)23-14-10-6-9-13(11-14)8-5-7-12(2)3/h6,9-12,20H,4,7,18-19H2,1-3H3/b16-15+. The van der Waals surface area contributed by atoms with E-state index < -0.39 is 5.97 Å². The van der Waals surface area contributed by atoms with E-state index in [9.17, 15) is 4.79 Å². The van der Waals surface area contributed by atoms with Crippen LogP contribution in [0.3, 0.4) is 0 Å². The Balaban J connectivity index is 2.92. The lowest BCUT2D eigenvalue weighted by Gasteiger charge is -2.12. The van der Waals surface area contributed by atoms with Gasteiger partial charge in [0.25, 0.3) is 0 Å². The second-order valence-electron chi connectivity index (χ2n) is 5.14. The molecule has 0 atom stereocenters. The van der Waals surface area contributed by atoms with Crippen LogP contribution in [0.1, 0.15) is 32.8 Å². The second-order valence-corrected chi connectivity index (χ2v) is 5.14. The van der Waals surface area contributed by atoms with Crippen molar-refractivity contribution >= 4 is 5.97 Å². The molecule has 0 heterocycles. The normalized spacial score (nSPS) is 11.2. The first-order valence-corrected chi connectivity index (χ1v) is 7.38. The second kappa shape index (κ2) is 9.38. The predicted molar refractivity (Wildman–Crippen MR) is 88.6 cm³/mol. The number of rotatable bonds is 6. The maximum absolute atomic E-state index is 11.6. The Labute approximate surface area is 136 Å². The molecule has 0 radical (unpaired) electrons. The van der Waals surface area contributed by atoms with E-state index in [1.807, 2.05) is 6.07 Å². The van der Waals surface area contributed by atoms with Crippen LogP contribution in [0, 0.1) is 17.8 Å². The first kappa shape index (κ1) is 18.4. The molecule has 1 rings (SSSR count). The van der Waals surface area contributed by atoms with Crippen molar-refractivity contribution in [1.82, 2.24) is 5.43 Å². The van der Waals surface area contributed by atoms with Gasteiger partial charge >= 0.3 is 5.97 Å². The monoisotopic (exact) mass is 317 g/mol. The zero-order chi connectivity index (χ0) is 17.2. The smallest absolute Gasteiger partial charge is 0.359 e. The number of nitrogens with two attached hydrogens (primary N) is 2. The third-order valence-electron chi connectivity index (χ3n) is 2.67. The molecular weight excluding hydrogens is 294 g/mol. The van der Waals surface area contributed by atoms with Gasteiger partial charge in [-0.1, -0.05) is 31.8 Å². The summed E-state index contributed by atoms with van der Waals surface area (Å²) in [4.78, 5) is 11.6. The molecule has 5 N–H and O–H groups in total. The number of hydrazine groups is 1.